The van der Waals surface area contributed by atoms with Gasteiger partial charge in [0.2, 0.25) is 0 Å². The van der Waals surface area contributed by atoms with Gasteiger partial charge in [0.05, 0.1) is 0 Å². The largest absolute Gasteiger partial charge is 0.508 e. The molecule has 25 heavy (non-hydrogen) atoms. The molecule has 1 heterocycles. The SMILES string of the molecule is C=C(c1cccc(C2=CCCC=C2)c1)N1CCc2cc(O)ccc2C1. The molecule has 0 radical (unpaired) electrons. The summed E-state index contributed by atoms with van der Waals surface area (Å²) in [7, 11) is 0. The van der Waals surface area contributed by atoms with Crippen LogP contribution in [0, 0.1) is 0 Å². The smallest absolute Gasteiger partial charge is 0.115 e. The van der Waals surface area contributed by atoms with Gasteiger partial charge in [-0.05, 0) is 65.3 Å². The molecule has 2 aliphatic rings. The number of benzene rings is 2. The molecule has 0 atom stereocenters. The Balaban J connectivity index is 1.56. The molecule has 4 rings (SSSR count). The van der Waals surface area contributed by atoms with Crippen LogP contribution in [0.3, 0.4) is 0 Å². The Morgan fingerprint density at radius 1 is 1.04 bits per heavy atom. The van der Waals surface area contributed by atoms with Crippen LogP contribution < -0.4 is 0 Å². The van der Waals surface area contributed by atoms with Crippen molar-refractivity contribution in [3.63, 3.8) is 0 Å². The van der Waals surface area contributed by atoms with E-state index in [0.717, 1.165) is 38.0 Å². The number of hydrogen-bond acceptors (Lipinski definition) is 2. The highest BCUT2D eigenvalue weighted by atomic mass is 16.3. The summed E-state index contributed by atoms with van der Waals surface area (Å²) in [6, 6.07) is 14.4. The summed E-state index contributed by atoms with van der Waals surface area (Å²) >= 11 is 0. The molecule has 2 aromatic rings. The average Bonchev–Trinajstić information content (AvgIpc) is 2.68. The molecule has 0 spiro atoms. The van der Waals surface area contributed by atoms with Gasteiger partial charge in [-0.2, -0.15) is 0 Å². The molecule has 1 aliphatic heterocycles. The first-order valence-corrected chi connectivity index (χ1v) is 8.93. The zero-order chi connectivity index (χ0) is 17.2. The lowest BCUT2D eigenvalue weighted by Crippen LogP contribution is -2.28. The first-order chi connectivity index (χ1) is 12.2. The minimum absolute atomic E-state index is 0.354. The maximum atomic E-state index is 9.65. The lowest BCUT2D eigenvalue weighted by Gasteiger charge is -2.32. The van der Waals surface area contributed by atoms with E-state index in [-0.39, 0.29) is 0 Å². The van der Waals surface area contributed by atoms with E-state index in [1.54, 1.807) is 6.07 Å². The summed E-state index contributed by atoms with van der Waals surface area (Å²) in [6.07, 6.45) is 9.97. The molecular weight excluding hydrogens is 306 g/mol. The molecule has 1 N–H and O–H groups in total. The van der Waals surface area contributed by atoms with E-state index in [2.05, 4.69) is 54.0 Å². The van der Waals surface area contributed by atoms with Crippen molar-refractivity contribution in [1.29, 1.82) is 0 Å². The van der Waals surface area contributed by atoms with Crippen LogP contribution >= 0.6 is 0 Å². The first kappa shape index (κ1) is 15.8. The fourth-order valence-electron chi connectivity index (χ4n) is 3.66. The van der Waals surface area contributed by atoms with E-state index in [1.807, 2.05) is 12.1 Å². The van der Waals surface area contributed by atoms with Gasteiger partial charge >= 0.3 is 0 Å². The van der Waals surface area contributed by atoms with Crippen molar-refractivity contribution in [1.82, 2.24) is 4.90 Å². The highest BCUT2D eigenvalue weighted by molar-refractivity contribution is 5.77. The highest BCUT2D eigenvalue weighted by Crippen LogP contribution is 2.30. The maximum Gasteiger partial charge on any atom is 0.115 e. The molecule has 2 heteroatoms. The Kier molecular flexibility index (Phi) is 4.19. The Labute approximate surface area is 149 Å². The molecule has 0 saturated heterocycles. The lowest BCUT2D eigenvalue weighted by molar-refractivity contribution is 0.372. The fraction of sp³-hybridized carbons (Fsp3) is 0.217. The Morgan fingerprint density at radius 2 is 1.96 bits per heavy atom. The highest BCUT2D eigenvalue weighted by Gasteiger charge is 2.18. The van der Waals surface area contributed by atoms with Crippen molar-refractivity contribution in [3.05, 3.63) is 89.5 Å². The minimum Gasteiger partial charge on any atom is -0.508 e. The number of allylic oxidation sites excluding steroid dienone is 4. The van der Waals surface area contributed by atoms with Crippen molar-refractivity contribution in [2.75, 3.05) is 6.54 Å². The number of phenols is 1. The number of fused-ring (bicyclic) bond motifs is 1. The molecule has 2 aromatic carbocycles. The lowest BCUT2D eigenvalue weighted by atomic mass is 9.95. The van der Waals surface area contributed by atoms with E-state index >= 15 is 0 Å². The van der Waals surface area contributed by atoms with E-state index in [0.29, 0.717) is 5.75 Å². The van der Waals surface area contributed by atoms with E-state index < -0.39 is 0 Å². The van der Waals surface area contributed by atoms with Crippen molar-refractivity contribution in [3.8, 4) is 5.75 Å². The van der Waals surface area contributed by atoms with Gasteiger partial charge in [-0.15, -0.1) is 0 Å². The van der Waals surface area contributed by atoms with Crippen LogP contribution in [0.15, 0.2) is 67.3 Å². The van der Waals surface area contributed by atoms with Crippen LogP contribution in [0.25, 0.3) is 11.3 Å². The molecule has 0 saturated carbocycles. The maximum absolute atomic E-state index is 9.65. The molecule has 2 nitrogen and oxygen atoms in total. The second-order valence-electron chi connectivity index (χ2n) is 6.79. The Bertz CT molecular complexity index is 875. The standard InChI is InChI=1S/C23H23NO/c1-17(24-13-12-21-15-23(25)11-10-22(21)16-24)19-8-5-9-20(14-19)18-6-3-2-4-7-18/h3,5-11,14-15,25H,1-2,4,12-13,16H2. The minimum atomic E-state index is 0.354. The third-order valence-electron chi connectivity index (χ3n) is 5.11. The number of aromatic hydroxyl groups is 1. The van der Waals surface area contributed by atoms with Crippen LogP contribution in [-0.2, 0) is 13.0 Å². The van der Waals surface area contributed by atoms with Crippen LogP contribution in [0.1, 0.15) is 35.1 Å². The summed E-state index contributed by atoms with van der Waals surface area (Å²) < 4.78 is 0. The second kappa shape index (κ2) is 6.64. The van der Waals surface area contributed by atoms with Crippen LogP contribution in [0.5, 0.6) is 5.75 Å². The zero-order valence-electron chi connectivity index (χ0n) is 14.4. The van der Waals surface area contributed by atoms with Crippen molar-refractivity contribution < 1.29 is 5.11 Å². The van der Waals surface area contributed by atoms with Crippen LogP contribution in [-0.4, -0.2) is 16.6 Å². The van der Waals surface area contributed by atoms with Crippen molar-refractivity contribution >= 4 is 11.3 Å². The molecule has 0 unspecified atom stereocenters. The summed E-state index contributed by atoms with van der Waals surface area (Å²) in [5, 5.41) is 9.65. The van der Waals surface area contributed by atoms with Gasteiger partial charge in [0.25, 0.3) is 0 Å². The number of hydrogen-bond donors (Lipinski definition) is 1. The van der Waals surface area contributed by atoms with Gasteiger partial charge in [0.1, 0.15) is 5.75 Å². The molecule has 0 fully saturated rings. The number of rotatable bonds is 3. The van der Waals surface area contributed by atoms with Gasteiger partial charge in [0, 0.05) is 18.8 Å². The average molecular weight is 329 g/mol. The summed E-state index contributed by atoms with van der Waals surface area (Å²) in [5.74, 6) is 0.354. The molecule has 1 aliphatic carbocycles. The van der Waals surface area contributed by atoms with Crippen LogP contribution in [0.2, 0.25) is 0 Å². The van der Waals surface area contributed by atoms with Crippen molar-refractivity contribution in [2.24, 2.45) is 0 Å². The first-order valence-electron chi connectivity index (χ1n) is 8.93. The number of phenolic OH excluding ortho intramolecular Hbond substituents is 1. The fourth-order valence-corrected chi connectivity index (χ4v) is 3.66. The predicted octanol–water partition coefficient (Wildman–Crippen LogP) is 5.15. The predicted molar refractivity (Wildman–Crippen MR) is 104 cm³/mol. The molecule has 0 amide bonds. The van der Waals surface area contributed by atoms with Crippen LogP contribution in [0.4, 0.5) is 0 Å². The normalized spacial score (nSPS) is 16.3. The summed E-state index contributed by atoms with van der Waals surface area (Å²) in [6.45, 7) is 6.15. The van der Waals surface area contributed by atoms with Gasteiger partial charge in [0.15, 0.2) is 0 Å². The molecule has 126 valence electrons. The van der Waals surface area contributed by atoms with Gasteiger partial charge in [-0.1, -0.05) is 49.1 Å². The summed E-state index contributed by atoms with van der Waals surface area (Å²) in [5.41, 5.74) is 7.34. The van der Waals surface area contributed by atoms with Gasteiger partial charge in [-0.3, -0.25) is 0 Å². The third-order valence-corrected chi connectivity index (χ3v) is 5.11. The zero-order valence-corrected chi connectivity index (χ0v) is 14.4. The Hall–Kier alpha value is -2.74. The Morgan fingerprint density at radius 3 is 2.80 bits per heavy atom. The van der Waals surface area contributed by atoms with Crippen molar-refractivity contribution in [2.45, 2.75) is 25.8 Å². The molecule has 0 aromatic heterocycles. The molecular formula is C23H23NO. The second-order valence-corrected chi connectivity index (χ2v) is 6.79. The number of nitrogens with zero attached hydrogens (tertiary/aromatic N) is 1. The van der Waals surface area contributed by atoms with E-state index in [1.165, 1.54) is 27.8 Å². The third kappa shape index (κ3) is 3.25. The van der Waals surface area contributed by atoms with Gasteiger partial charge < -0.3 is 10.0 Å². The van der Waals surface area contributed by atoms with E-state index in [9.17, 15) is 5.11 Å². The topological polar surface area (TPSA) is 23.5 Å². The van der Waals surface area contributed by atoms with E-state index in [4.69, 9.17) is 0 Å². The monoisotopic (exact) mass is 329 g/mol. The quantitative estimate of drug-likeness (QED) is 0.841. The summed E-state index contributed by atoms with van der Waals surface area (Å²) in [4.78, 5) is 2.34. The molecule has 0 bridgehead atoms. The van der Waals surface area contributed by atoms with Gasteiger partial charge in [-0.25, -0.2) is 0 Å².